The van der Waals surface area contributed by atoms with Gasteiger partial charge in [-0.05, 0) is 49.2 Å². The SMILES string of the molecule is COc1ccc(Cl)cc1NC(=O)C[NH+](C)CC(=O)Nc1cccc(C)c1C. The van der Waals surface area contributed by atoms with Crippen molar-refractivity contribution < 1.29 is 19.2 Å². The lowest BCUT2D eigenvalue weighted by Crippen LogP contribution is -3.11. The Kier molecular flexibility index (Phi) is 7.21. The smallest absolute Gasteiger partial charge is 0.279 e. The van der Waals surface area contributed by atoms with E-state index in [0.29, 0.717) is 16.5 Å². The van der Waals surface area contributed by atoms with Crippen LogP contribution in [0.5, 0.6) is 5.75 Å². The van der Waals surface area contributed by atoms with Crippen molar-refractivity contribution in [3.8, 4) is 5.75 Å². The number of carbonyl (C=O) groups excluding carboxylic acids is 2. The number of hydrogen-bond donors (Lipinski definition) is 3. The Balaban J connectivity index is 1.90. The largest absolute Gasteiger partial charge is 0.495 e. The van der Waals surface area contributed by atoms with Gasteiger partial charge in [0.2, 0.25) is 0 Å². The summed E-state index contributed by atoms with van der Waals surface area (Å²) in [6.45, 7) is 4.27. The molecule has 0 bridgehead atoms. The van der Waals surface area contributed by atoms with Gasteiger partial charge >= 0.3 is 0 Å². The van der Waals surface area contributed by atoms with Gasteiger partial charge in [-0.3, -0.25) is 9.59 Å². The number of likely N-dealkylation sites (N-methyl/N-ethyl adjacent to an activating group) is 1. The molecule has 27 heavy (non-hydrogen) atoms. The van der Waals surface area contributed by atoms with E-state index in [0.717, 1.165) is 21.7 Å². The van der Waals surface area contributed by atoms with Gasteiger partial charge in [0, 0.05) is 10.7 Å². The van der Waals surface area contributed by atoms with Gasteiger partial charge in [0.15, 0.2) is 13.1 Å². The molecule has 0 aliphatic carbocycles. The molecule has 0 saturated heterocycles. The number of rotatable bonds is 7. The Hall–Kier alpha value is -2.57. The van der Waals surface area contributed by atoms with E-state index in [1.807, 2.05) is 32.0 Å². The number of anilines is 2. The van der Waals surface area contributed by atoms with Crippen LogP contribution in [0.1, 0.15) is 11.1 Å². The fraction of sp³-hybridized carbons (Fsp3) is 0.300. The first-order valence-electron chi connectivity index (χ1n) is 8.61. The number of aryl methyl sites for hydroxylation is 1. The molecule has 0 saturated carbocycles. The average molecular weight is 391 g/mol. The van der Waals surface area contributed by atoms with Crippen molar-refractivity contribution in [1.82, 2.24) is 0 Å². The van der Waals surface area contributed by atoms with Crippen LogP contribution in [0, 0.1) is 13.8 Å². The Morgan fingerprint density at radius 3 is 2.30 bits per heavy atom. The van der Waals surface area contributed by atoms with Crippen LogP contribution < -0.4 is 20.3 Å². The lowest BCUT2D eigenvalue weighted by Gasteiger charge is -2.16. The molecule has 0 heterocycles. The fourth-order valence-corrected chi connectivity index (χ4v) is 2.84. The second-order valence-corrected chi connectivity index (χ2v) is 6.94. The van der Waals surface area contributed by atoms with E-state index in [1.54, 1.807) is 25.2 Å². The minimum atomic E-state index is -0.229. The molecule has 3 N–H and O–H groups in total. The number of amides is 2. The maximum Gasteiger partial charge on any atom is 0.279 e. The van der Waals surface area contributed by atoms with Crippen molar-refractivity contribution >= 4 is 34.8 Å². The third-order valence-corrected chi connectivity index (χ3v) is 4.47. The summed E-state index contributed by atoms with van der Waals surface area (Å²) in [6.07, 6.45) is 0. The summed E-state index contributed by atoms with van der Waals surface area (Å²) in [5.74, 6) is 0.153. The van der Waals surface area contributed by atoms with Crippen molar-refractivity contribution in [3.05, 3.63) is 52.5 Å². The molecule has 0 fully saturated rings. The minimum Gasteiger partial charge on any atom is -0.495 e. The van der Waals surface area contributed by atoms with Crippen LogP contribution in [0.3, 0.4) is 0 Å². The van der Waals surface area contributed by atoms with E-state index >= 15 is 0 Å². The summed E-state index contributed by atoms with van der Waals surface area (Å²) in [5.41, 5.74) is 3.45. The molecular weight excluding hydrogens is 366 g/mol. The number of carbonyl (C=O) groups is 2. The highest BCUT2D eigenvalue weighted by Gasteiger charge is 2.16. The Labute approximate surface area is 164 Å². The lowest BCUT2D eigenvalue weighted by molar-refractivity contribution is -0.862. The molecule has 2 aromatic carbocycles. The lowest BCUT2D eigenvalue weighted by atomic mass is 10.1. The first-order valence-corrected chi connectivity index (χ1v) is 8.98. The highest BCUT2D eigenvalue weighted by molar-refractivity contribution is 6.31. The van der Waals surface area contributed by atoms with Gasteiger partial charge in [0.25, 0.3) is 11.8 Å². The highest BCUT2D eigenvalue weighted by Crippen LogP contribution is 2.27. The number of quaternary nitrogens is 1. The van der Waals surface area contributed by atoms with Gasteiger partial charge in [0.05, 0.1) is 19.8 Å². The molecule has 1 unspecified atom stereocenters. The van der Waals surface area contributed by atoms with Gasteiger partial charge in [-0.25, -0.2) is 0 Å². The summed E-state index contributed by atoms with van der Waals surface area (Å²) in [4.78, 5) is 25.3. The van der Waals surface area contributed by atoms with Crippen LogP contribution in [0.25, 0.3) is 0 Å². The molecule has 144 valence electrons. The van der Waals surface area contributed by atoms with E-state index in [4.69, 9.17) is 16.3 Å². The van der Waals surface area contributed by atoms with Gasteiger partial charge in [0.1, 0.15) is 5.75 Å². The van der Waals surface area contributed by atoms with E-state index in [-0.39, 0.29) is 24.9 Å². The number of nitrogens with one attached hydrogen (secondary N) is 3. The van der Waals surface area contributed by atoms with Gasteiger partial charge in [-0.1, -0.05) is 23.7 Å². The van der Waals surface area contributed by atoms with Crippen molar-refractivity contribution in [2.24, 2.45) is 0 Å². The Morgan fingerprint density at radius 1 is 1.04 bits per heavy atom. The number of halogens is 1. The van der Waals surface area contributed by atoms with E-state index in [1.165, 1.54) is 7.11 Å². The van der Waals surface area contributed by atoms with Crippen molar-refractivity contribution in [2.75, 3.05) is 37.9 Å². The van der Waals surface area contributed by atoms with E-state index in [9.17, 15) is 9.59 Å². The fourth-order valence-electron chi connectivity index (χ4n) is 2.66. The quantitative estimate of drug-likeness (QED) is 0.677. The number of methoxy groups -OCH3 is 1. The predicted molar refractivity (Wildman–Crippen MR) is 108 cm³/mol. The molecule has 0 aliphatic rings. The maximum absolute atomic E-state index is 12.3. The highest BCUT2D eigenvalue weighted by atomic mass is 35.5. The zero-order valence-corrected chi connectivity index (χ0v) is 16.7. The summed E-state index contributed by atoms with van der Waals surface area (Å²) >= 11 is 5.97. The first-order chi connectivity index (χ1) is 12.8. The van der Waals surface area contributed by atoms with Crippen LogP contribution in [0.2, 0.25) is 5.02 Å². The second kappa shape index (κ2) is 9.39. The molecule has 6 nitrogen and oxygen atoms in total. The second-order valence-electron chi connectivity index (χ2n) is 6.50. The van der Waals surface area contributed by atoms with Crippen LogP contribution in [-0.2, 0) is 9.59 Å². The molecule has 2 rings (SSSR count). The van der Waals surface area contributed by atoms with E-state index in [2.05, 4.69) is 10.6 Å². The standard InChI is InChI=1S/C20H24ClN3O3/c1-13-6-5-7-16(14(13)2)22-19(25)11-24(3)12-20(26)23-17-10-15(21)8-9-18(17)27-4/h5-10H,11-12H2,1-4H3,(H,22,25)(H,23,26)/p+1. The Morgan fingerprint density at radius 2 is 1.67 bits per heavy atom. The maximum atomic E-state index is 12.3. The summed E-state index contributed by atoms with van der Waals surface area (Å²) in [5, 5.41) is 6.17. The zero-order valence-electron chi connectivity index (χ0n) is 16.0. The summed E-state index contributed by atoms with van der Waals surface area (Å²) in [6, 6.07) is 10.8. The molecule has 0 aromatic heterocycles. The van der Waals surface area contributed by atoms with Gasteiger partial charge in [-0.2, -0.15) is 0 Å². The van der Waals surface area contributed by atoms with Crippen LogP contribution in [0.4, 0.5) is 11.4 Å². The Bertz CT molecular complexity index is 839. The summed E-state index contributed by atoms with van der Waals surface area (Å²) in [7, 11) is 3.31. The predicted octanol–water partition coefficient (Wildman–Crippen LogP) is 2.06. The average Bonchev–Trinajstić information content (AvgIpc) is 2.58. The van der Waals surface area contributed by atoms with Crippen molar-refractivity contribution in [3.63, 3.8) is 0 Å². The first kappa shape index (κ1) is 20.7. The molecule has 0 spiro atoms. The monoisotopic (exact) mass is 390 g/mol. The van der Waals surface area contributed by atoms with Crippen molar-refractivity contribution in [1.29, 1.82) is 0 Å². The number of ether oxygens (including phenoxy) is 1. The molecule has 0 radical (unpaired) electrons. The molecule has 0 aliphatic heterocycles. The molecular formula is C20H25ClN3O3+. The van der Waals surface area contributed by atoms with Crippen LogP contribution >= 0.6 is 11.6 Å². The molecule has 2 aromatic rings. The zero-order chi connectivity index (χ0) is 20.0. The third kappa shape index (κ3) is 5.98. The normalized spacial score (nSPS) is 11.6. The van der Waals surface area contributed by atoms with Crippen LogP contribution in [0.15, 0.2) is 36.4 Å². The topological polar surface area (TPSA) is 71.9 Å². The minimum absolute atomic E-state index is 0.135. The summed E-state index contributed by atoms with van der Waals surface area (Å²) < 4.78 is 5.21. The van der Waals surface area contributed by atoms with E-state index < -0.39 is 0 Å². The van der Waals surface area contributed by atoms with Crippen LogP contribution in [-0.4, -0.2) is 39.1 Å². The van der Waals surface area contributed by atoms with Crippen molar-refractivity contribution in [2.45, 2.75) is 13.8 Å². The van der Waals surface area contributed by atoms with Gasteiger partial charge < -0.3 is 20.3 Å². The molecule has 2 amide bonds. The number of hydrogen-bond acceptors (Lipinski definition) is 3. The molecule has 1 atom stereocenters. The third-order valence-electron chi connectivity index (χ3n) is 4.24. The van der Waals surface area contributed by atoms with Gasteiger partial charge in [-0.15, -0.1) is 0 Å². The number of benzene rings is 2. The molecule has 7 heteroatoms.